The summed E-state index contributed by atoms with van der Waals surface area (Å²) in [6, 6.07) is 6.93. The second-order valence-electron chi connectivity index (χ2n) is 4.37. The molecule has 0 atom stereocenters. The highest BCUT2D eigenvalue weighted by molar-refractivity contribution is 6.34. The highest BCUT2D eigenvalue weighted by Gasteiger charge is 2.09. The van der Waals surface area contributed by atoms with Gasteiger partial charge in [-0.05, 0) is 30.3 Å². The van der Waals surface area contributed by atoms with E-state index >= 15 is 0 Å². The third-order valence-electron chi connectivity index (χ3n) is 2.74. The fourth-order valence-corrected chi connectivity index (χ4v) is 2.24. The monoisotopic (exact) mass is 340 g/mol. The maximum absolute atomic E-state index is 11.9. The minimum absolute atomic E-state index is 0.0777. The van der Waals surface area contributed by atoms with E-state index in [1.807, 2.05) is 0 Å². The molecule has 2 aromatic rings. The largest absolute Gasteiger partial charge is 0.478 e. The molecule has 8 heteroatoms. The maximum Gasteiger partial charge on any atom is 0.335 e. The van der Waals surface area contributed by atoms with E-state index < -0.39 is 17.4 Å². The van der Waals surface area contributed by atoms with Crippen molar-refractivity contribution in [3.05, 3.63) is 62.5 Å². The lowest BCUT2D eigenvalue weighted by Gasteiger charge is -2.08. The Morgan fingerprint density at radius 2 is 1.82 bits per heavy atom. The van der Waals surface area contributed by atoms with Gasteiger partial charge in [0.15, 0.2) is 0 Å². The van der Waals surface area contributed by atoms with Gasteiger partial charge in [-0.2, -0.15) is 0 Å². The van der Waals surface area contributed by atoms with E-state index in [4.69, 9.17) is 28.3 Å². The molecule has 0 radical (unpaired) electrons. The van der Waals surface area contributed by atoms with Crippen LogP contribution in [0.3, 0.4) is 0 Å². The van der Waals surface area contributed by atoms with Crippen LogP contribution in [0.2, 0.25) is 10.0 Å². The number of carboxylic acid groups (broad SMARTS) is 1. The van der Waals surface area contributed by atoms with Crippen molar-refractivity contribution in [2.24, 2.45) is 0 Å². The number of hydrogen-bond acceptors (Lipinski definition) is 3. The van der Waals surface area contributed by atoms with Gasteiger partial charge in [-0.15, -0.1) is 0 Å². The molecule has 1 aromatic heterocycles. The number of anilines is 1. The zero-order valence-corrected chi connectivity index (χ0v) is 12.6. The van der Waals surface area contributed by atoms with Gasteiger partial charge in [-0.1, -0.05) is 23.2 Å². The Morgan fingerprint density at radius 1 is 1.18 bits per heavy atom. The molecule has 0 unspecified atom stereocenters. The van der Waals surface area contributed by atoms with E-state index in [9.17, 15) is 14.4 Å². The van der Waals surface area contributed by atoms with Crippen molar-refractivity contribution in [1.82, 2.24) is 4.57 Å². The Kier molecular flexibility index (Phi) is 4.85. The molecule has 1 heterocycles. The van der Waals surface area contributed by atoms with Crippen molar-refractivity contribution in [2.75, 3.05) is 5.32 Å². The summed E-state index contributed by atoms with van der Waals surface area (Å²) in [5.74, 6) is -1.53. The fraction of sp³-hybridized carbons (Fsp3) is 0.0714. The summed E-state index contributed by atoms with van der Waals surface area (Å²) in [4.78, 5) is 34.4. The van der Waals surface area contributed by atoms with E-state index in [0.29, 0.717) is 5.69 Å². The standard InChI is InChI=1S/C14H10Cl2N2O4/c15-9-5-11(16)13(20)18(6-9)7-12(19)17-10-3-1-8(2-4-10)14(21)22/h1-6H,7H2,(H,17,19)(H,21,22). The summed E-state index contributed by atoms with van der Waals surface area (Å²) >= 11 is 11.5. The summed E-state index contributed by atoms with van der Waals surface area (Å²) in [5, 5.41) is 11.5. The molecule has 2 rings (SSSR count). The van der Waals surface area contributed by atoms with Crippen molar-refractivity contribution < 1.29 is 14.7 Å². The summed E-state index contributed by atoms with van der Waals surface area (Å²) in [6.07, 6.45) is 1.31. The van der Waals surface area contributed by atoms with Crippen LogP contribution >= 0.6 is 23.2 Å². The van der Waals surface area contributed by atoms with Gasteiger partial charge in [0.1, 0.15) is 11.6 Å². The first-order chi connectivity index (χ1) is 10.4. The summed E-state index contributed by atoms with van der Waals surface area (Å²) in [7, 11) is 0. The fourth-order valence-electron chi connectivity index (χ4n) is 1.73. The van der Waals surface area contributed by atoms with Crippen LogP contribution in [-0.4, -0.2) is 21.6 Å². The van der Waals surface area contributed by atoms with Gasteiger partial charge in [0.25, 0.3) is 5.56 Å². The summed E-state index contributed by atoms with van der Waals surface area (Å²) in [5.41, 5.74) is -0.00513. The molecule has 1 amide bonds. The van der Waals surface area contributed by atoms with Crippen molar-refractivity contribution in [1.29, 1.82) is 0 Å². The quantitative estimate of drug-likeness (QED) is 0.894. The second kappa shape index (κ2) is 6.64. The zero-order chi connectivity index (χ0) is 16.3. The smallest absolute Gasteiger partial charge is 0.335 e. The minimum Gasteiger partial charge on any atom is -0.478 e. The summed E-state index contributed by atoms with van der Waals surface area (Å²) in [6.45, 7) is -0.264. The molecule has 0 fully saturated rings. The lowest BCUT2D eigenvalue weighted by molar-refractivity contribution is -0.116. The molecule has 0 aliphatic heterocycles. The average molecular weight is 341 g/mol. The van der Waals surface area contributed by atoms with Crippen LogP contribution in [0.5, 0.6) is 0 Å². The number of rotatable bonds is 4. The molecule has 2 N–H and O–H groups in total. The molecular formula is C14H10Cl2N2O4. The highest BCUT2D eigenvalue weighted by atomic mass is 35.5. The van der Waals surface area contributed by atoms with Gasteiger partial charge >= 0.3 is 5.97 Å². The molecule has 114 valence electrons. The molecule has 0 bridgehead atoms. The van der Waals surface area contributed by atoms with Crippen molar-refractivity contribution in [2.45, 2.75) is 6.54 Å². The third-order valence-corrected chi connectivity index (χ3v) is 3.22. The third kappa shape index (κ3) is 3.87. The number of carbonyl (C=O) groups is 2. The van der Waals surface area contributed by atoms with Crippen molar-refractivity contribution in [3.8, 4) is 0 Å². The van der Waals surface area contributed by atoms with Crippen LogP contribution < -0.4 is 10.9 Å². The first-order valence-corrected chi connectivity index (χ1v) is 6.81. The van der Waals surface area contributed by atoms with E-state index in [1.165, 1.54) is 36.5 Å². The van der Waals surface area contributed by atoms with Gasteiger partial charge in [0.05, 0.1) is 10.6 Å². The van der Waals surface area contributed by atoms with Crippen LogP contribution in [-0.2, 0) is 11.3 Å². The Balaban J connectivity index is 2.10. The Morgan fingerprint density at radius 3 is 2.41 bits per heavy atom. The summed E-state index contributed by atoms with van der Waals surface area (Å²) < 4.78 is 1.09. The first kappa shape index (κ1) is 16.1. The van der Waals surface area contributed by atoms with Crippen LogP contribution in [0.15, 0.2) is 41.3 Å². The number of benzene rings is 1. The molecule has 1 aromatic carbocycles. The normalized spacial score (nSPS) is 10.3. The van der Waals surface area contributed by atoms with Gasteiger partial charge in [0.2, 0.25) is 5.91 Å². The number of carbonyl (C=O) groups excluding carboxylic acids is 1. The SMILES string of the molecule is O=C(Cn1cc(Cl)cc(Cl)c1=O)Nc1ccc(C(=O)O)cc1. The molecule has 0 saturated heterocycles. The predicted molar refractivity (Wildman–Crippen MR) is 82.8 cm³/mol. The van der Waals surface area contributed by atoms with E-state index in [0.717, 1.165) is 4.57 Å². The second-order valence-corrected chi connectivity index (χ2v) is 5.21. The number of hydrogen-bond donors (Lipinski definition) is 2. The predicted octanol–water partition coefficient (Wildman–Crippen LogP) is 2.49. The maximum atomic E-state index is 11.9. The van der Waals surface area contributed by atoms with Crippen molar-refractivity contribution >= 4 is 40.8 Å². The molecular weight excluding hydrogens is 331 g/mol. The Labute approximate surface area is 134 Å². The van der Waals surface area contributed by atoms with Crippen LogP contribution in [0.4, 0.5) is 5.69 Å². The van der Waals surface area contributed by atoms with E-state index in [1.54, 1.807) is 0 Å². The zero-order valence-electron chi connectivity index (χ0n) is 11.0. The van der Waals surface area contributed by atoms with Gasteiger partial charge in [-0.25, -0.2) is 4.79 Å². The number of nitrogens with one attached hydrogen (secondary N) is 1. The van der Waals surface area contributed by atoms with Gasteiger partial charge in [0, 0.05) is 11.9 Å². The number of carboxylic acids is 1. The molecule has 0 aliphatic rings. The number of pyridine rings is 1. The van der Waals surface area contributed by atoms with Crippen LogP contribution in [0.25, 0.3) is 0 Å². The van der Waals surface area contributed by atoms with E-state index in [2.05, 4.69) is 5.32 Å². The van der Waals surface area contributed by atoms with Crippen LogP contribution in [0, 0.1) is 0 Å². The Hall–Kier alpha value is -2.31. The number of nitrogens with zero attached hydrogens (tertiary/aromatic N) is 1. The molecule has 0 aliphatic carbocycles. The number of amides is 1. The number of aromatic nitrogens is 1. The van der Waals surface area contributed by atoms with E-state index in [-0.39, 0.29) is 22.2 Å². The van der Waals surface area contributed by atoms with Crippen LogP contribution in [0.1, 0.15) is 10.4 Å². The highest BCUT2D eigenvalue weighted by Crippen LogP contribution is 2.12. The lowest BCUT2D eigenvalue weighted by atomic mass is 10.2. The Bertz CT molecular complexity index is 784. The van der Waals surface area contributed by atoms with Gasteiger partial charge in [-0.3, -0.25) is 9.59 Å². The van der Waals surface area contributed by atoms with Crippen molar-refractivity contribution in [3.63, 3.8) is 0 Å². The minimum atomic E-state index is -1.06. The first-order valence-electron chi connectivity index (χ1n) is 6.05. The van der Waals surface area contributed by atoms with Gasteiger partial charge < -0.3 is 15.0 Å². The molecule has 0 saturated carbocycles. The molecule has 0 spiro atoms. The molecule has 22 heavy (non-hydrogen) atoms. The average Bonchev–Trinajstić information content (AvgIpc) is 2.44. The molecule has 6 nitrogen and oxygen atoms in total. The lowest BCUT2D eigenvalue weighted by Crippen LogP contribution is -2.27. The topological polar surface area (TPSA) is 88.4 Å². The number of halogens is 2. The number of aromatic carboxylic acids is 1.